The highest BCUT2D eigenvalue weighted by molar-refractivity contribution is 6.30. The van der Waals surface area contributed by atoms with Crippen molar-refractivity contribution in [1.82, 2.24) is 5.32 Å². The van der Waals surface area contributed by atoms with E-state index >= 15 is 0 Å². The Morgan fingerprint density at radius 1 is 1.57 bits per heavy atom. The number of halogens is 1. The van der Waals surface area contributed by atoms with E-state index in [1.54, 1.807) is 25.3 Å². The fraction of sp³-hybridized carbons (Fsp3) is 0.429. The van der Waals surface area contributed by atoms with E-state index in [0.29, 0.717) is 29.6 Å². The lowest BCUT2D eigenvalue weighted by Crippen LogP contribution is -2.34. The van der Waals surface area contributed by atoms with Crippen molar-refractivity contribution in [2.24, 2.45) is 5.92 Å². The molecule has 1 atom stereocenters. The van der Waals surface area contributed by atoms with Gasteiger partial charge in [-0.2, -0.15) is 0 Å². The Balaban J connectivity index is 1.95. The molecule has 0 radical (unpaired) electrons. The predicted octanol–water partition coefficient (Wildman–Crippen LogP) is 1.44. The van der Waals surface area contributed by atoms with Crippen molar-refractivity contribution >= 4 is 29.1 Å². The largest absolute Gasteiger partial charge is 0.491 e. The molecule has 21 heavy (non-hydrogen) atoms. The second-order valence-corrected chi connectivity index (χ2v) is 5.12. The topological polar surface area (TPSA) is 76.7 Å². The molecule has 0 fully saturated rings. The molecule has 7 heteroatoms. The number of amides is 2. The molecule has 1 aliphatic rings. The first kappa shape index (κ1) is 15.6. The van der Waals surface area contributed by atoms with Crippen molar-refractivity contribution < 1.29 is 19.1 Å². The smallest absolute Gasteiger partial charge is 0.231 e. The molecule has 2 N–H and O–H groups in total. The van der Waals surface area contributed by atoms with Gasteiger partial charge in [-0.15, -0.1) is 0 Å². The maximum absolute atomic E-state index is 12.1. The molecule has 114 valence electrons. The molecule has 2 rings (SSSR count). The van der Waals surface area contributed by atoms with Crippen LogP contribution in [0.5, 0.6) is 5.75 Å². The second-order valence-electron chi connectivity index (χ2n) is 4.68. The number of rotatable bonds is 5. The standard InChI is InChI=1S/C14H17ClN2O4/c1-20-5-4-16-13(18)6-9-8-21-12-7-10(15)2-3-11(12)17-14(9)19/h2-3,7,9H,4-6,8H2,1H3,(H,16,18)(H,17,19). The molecule has 0 aliphatic carbocycles. The second kappa shape index (κ2) is 7.28. The summed E-state index contributed by atoms with van der Waals surface area (Å²) < 4.78 is 10.4. The highest BCUT2D eigenvalue weighted by Gasteiger charge is 2.27. The number of carbonyl (C=O) groups is 2. The summed E-state index contributed by atoms with van der Waals surface area (Å²) in [7, 11) is 1.56. The lowest BCUT2D eigenvalue weighted by molar-refractivity contribution is -0.128. The van der Waals surface area contributed by atoms with Crippen LogP contribution in [0.3, 0.4) is 0 Å². The van der Waals surface area contributed by atoms with E-state index < -0.39 is 5.92 Å². The van der Waals surface area contributed by atoms with E-state index in [1.807, 2.05) is 0 Å². The monoisotopic (exact) mass is 312 g/mol. The third-order valence-electron chi connectivity index (χ3n) is 3.07. The van der Waals surface area contributed by atoms with Gasteiger partial charge in [-0.1, -0.05) is 11.6 Å². The number of ether oxygens (including phenoxy) is 2. The van der Waals surface area contributed by atoms with Crippen molar-refractivity contribution in [3.63, 3.8) is 0 Å². The Bertz CT molecular complexity index is 536. The summed E-state index contributed by atoms with van der Waals surface area (Å²) in [6, 6.07) is 4.98. The number of carbonyl (C=O) groups excluding carboxylic acids is 2. The number of nitrogens with one attached hydrogen (secondary N) is 2. The van der Waals surface area contributed by atoms with Gasteiger partial charge in [-0.25, -0.2) is 0 Å². The van der Waals surface area contributed by atoms with Gasteiger partial charge in [0.15, 0.2) is 0 Å². The van der Waals surface area contributed by atoms with Gasteiger partial charge in [0.05, 0.1) is 18.2 Å². The number of methoxy groups -OCH3 is 1. The van der Waals surface area contributed by atoms with Gasteiger partial charge in [0, 0.05) is 31.2 Å². The average molecular weight is 313 g/mol. The van der Waals surface area contributed by atoms with Crippen LogP contribution in [0.25, 0.3) is 0 Å². The van der Waals surface area contributed by atoms with Gasteiger partial charge >= 0.3 is 0 Å². The van der Waals surface area contributed by atoms with Crippen LogP contribution >= 0.6 is 11.6 Å². The normalized spacial score (nSPS) is 17.2. The van der Waals surface area contributed by atoms with E-state index in [1.165, 1.54) is 0 Å². The maximum Gasteiger partial charge on any atom is 0.231 e. The summed E-state index contributed by atoms with van der Waals surface area (Å²) in [5.41, 5.74) is 0.562. The first-order valence-corrected chi connectivity index (χ1v) is 6.97. The summed E-state index contributed by atoms with van der Waals surface area (Å²) in [5, 5.41) is 5.95. The zero-order chi connectivity index (χ0) is 15.2. The Hall–Kier alpha value is -1.79. The van der Waals surface area contributed by atoms with Crippen molar-refractivity contribution in [3.05, 3.63) is 23.2 Å². The first-order valence-electron chi connectivity index (χ1n) is 6.59. The molecular formula is C14H17ClN2O4. The predicted molar refractivity (Wildman–Crippen MR) is 78.6 cm³/mol. The molecule has 6 nitrogen and oxygen atoms in total. The minimum absolute atomic E-state index is 0.0667. The van der Waals surface area contributed by atoms with E-state index in [-0.39, 0.29) is 24.8 Å². The van der Waals surface area contributed by atoms with Crippen LogP contribution in [-0.4, -0.2) is 38.7 Å². The van der Waals surface area contributed by atoms with Gasteiger partial charge in [-0.05, 0) is 12.1 Å². The Labute approximate surface area is 127 Å². The van der Waals surface area contributed by atoms with Gasteiger partial charge in [0.2, 0.25) is 11.8 Å². The average Bonchev–Trinajstić information content (AvgIpc) is 2.59. The minimum atomic E-state index is -0.543. The molecule has 0 aromatic heterocycles. The third-order valence-corrected chi connectivity index (χ3v) is 3.31. The van der Waals surface area contributed by atoms with E-state index in [4.69, 9.17) is 21.1 Å². The SMILES string of the molecule is COCCNC(=O)CC1COc2cc(Cl)ccc2NC1=O. The van der Waals surface area contributed by atoms with Crippen molar-refractivity contribution in [2.75, 3.05) is 32.2 Å². The molecule has 0 bridgehead atoms. The summed E-state index contributed by atoms with van der Waals surface area (Å²) in [4.78, 5) is 23.8. The quantitative estimate of drug-likeness (QED) is 0.807. The molecule has 2 amide bonds. The van der Waals surface area contributed by atoms with Crippen LogP contribution in [0.1, 0.15) is 6.42 Å². The summed E-state index contributed by atoms with van der Waals surface area (Å²) in [6.07, 6.45) is 0.0667. The van der Waals surface area contributed by atoms with Crippen LogP contribution in [-0.2, 0) is 14.3 Å². The molecular weight excluding hydrogens is 296 g/mol. The number of benzene rings is 1. The van der Waals surface area contributed by atoms with E-state index in [2.05, 4.69) is 10.6 Å². The molecule has 1 aromatic rings. The fourth-order valence-electron chi connectivity index (χ4n) is 1.96. The van der Waals surface area contributed by atoms with Crippen LogP contribution in [0.2, 0.25) is 5.02 Å². The summed E-state index contributed by atoms with van der Waals surface area (Å²) in [5.74, 6) is -0.477. The maximum atomic E-state index is 12.1. The molecule has 1 heterocycles. The number of fused-ring (bicyclic) bond motifs is 1. The van der Waals surface area contributed by atoms with Gasteiger partial charge < -0.3 is 20.1 Å². The van der Waals surface area contributed by atoms with Crippen molar-refractivity contribution in [1.29, 1.82) is 0 Å². The fourth-order valence-corrected chi connectivity index (χ4v) is 2.12. The summed E-state index contributed by atoms with van der Waals surface area (Å²) in [6.45, 7) is 0.986. The Morgan fingerprint density at radius 2 is 2.38 bits per heavy atom. The van der Waals surface area contributed by atoms with E-state index in [0.717, 1.165) is 0 Å². The number of hydrogen-bond donors (Lipinski definition) is 2. The number of anilines is 1. The highest BCUT2D eigenvalue weighted by Crippen LogP contribution is 2.31. The van der Waals surface area contributed by atoms with Gasteiger partial charge in [0.1, 0.15) is 12.4 Å². The molecule has 1 unspecified atom stereocenters. The van der Waals surface area contributed by atoms with Crippen LogP contribution < -0.4 is 15.4 Å². The van der Waals surface area contributed by atoms with Crippen molar-refractivity contribution in [3.8, 4) is 5.75 Å². The van der Waals surface area contributed by atoms with Crippen molar-refractivity contribution in [2.45, 2.75) is 6.42 Å². The third kappa shape index (κ3) is 4.34. The zero-order valence-electron chi connectivity index (χ0n) is 11.6. The first-order chi connectivity index (χ1) is 10.1. The molecule has 0 saturated heterocycles. The lowest BCUT2D eigenvalue weighted by Gasteiger charge is -2.12. The Kier molecular flexibility index (Phi) is 5.41. The molecule has 0 saturated carbocycles. The van der Waals surface area contributed by atoms with Gasteiger partial charge in [-0.3, -0.25) is 9.59 Å². The van der Waals surface area contributed by atoms with Crippen LogP contribution in [0.4, 0.5) is 5.69 Å². The highest BCUT2D eigenvalue weighted by atomic mass is 35.5. The lowest BCUT2D eigenvalue weighted by atomic mass is 10.1. The van der Waals surface area contributed by atoms with Crippen LogP contribution in [0, 0.1) is 5.92 Å². The molecule has 1 aromatic carbocycles. The zero-order valence-corrected chi connectivity index (χ0v) is 12.4. The molecule has 1 aliphatic heterocycles. The van der Waals surface area contributed by atoms with Crippen LogP contribution in [0.15, 0.2) is 18.2 Å². The number of hydrogen-bond acceptors (Lipinski definition) is 4. The minimum Gasteiger partial charge on any atom is -0.491 e. The van der Waals surface area contributed by atoms with E-state index in [9.17, 15) is 9.59 Å². The summed E-state index contributed by atoms with van der Waals surface area (Å²) >= 11 is 5.89. The van der Waals surface area contributed by atoms with Gasteiger partial charge in [0.25, 0.3) is 0 Å². The Morgan fingerprint density at radius 3 is 3.14 bits per heavy atom. The molecule has 0 spiro atoms.